The molecule has 1 atom stereocenters. The Kier molecular flexibility index (Phi) is 3.75. The number of sulfone groups is 1. The summed E-state index contributed by atoms with van der Waals surface area (Å²) in [5.74, 6) is -1.75. The Balaban J connectivity index is 2.52. The zero-order chi connectivity index (χ0) is 15.1. The number of hydrogen-bond donors (Lipinski definition) is 1. The van der Waals surface area contributed by atoms with E-state index in [1.807, 2.05) is 0 Å². The highest BCUT2D eigenvalue weighted by molar-refractivity contribution is 7.93. The summed E-state index contributed by atoms with van der Waals surface area (Å²) in [6, 6.07) is 3.42. The molecule has 20 heavy (non-hydrogen) atoms. The second-order valence-electron chi connectivity index (χ2n) is 4.53. The number of carbonyl (C=O) groups excluding carboxylic acids is 1. The van der Waals surface area contributed by atoms with Crippen LogP contribution in [-0.2, 0) is 14.6 Å². The van der Waals surface area contributed by atoms with Crippen LogP contribution in [0.25, 0.3) is 0 Å². The SMILES string of the molecule is CN1CCC(S(=O)(=O)c2cc(C(=O)O)ccc2Cl)C1=O. The van der Waals surface area contributed by atoms with Crippen molar-refractivity contribution in [2.24, 2.45) is 0 Å². The summed E-state index contributed by atoms with van der Waals surface area (Å²) in [5, 5.41) is 7.63. The Morgan fingerprint density at radius 3 is 2.60 bits per heavy atom. The Morgan fingerprint density at radius 1 is 1.45 bits per heavy atom. The largest absolute Gasteiger partial charge is 0.478 e. The van der Waals surface area contributed by atoms with E-state index in [-0.39, 0.29) is 21.9 Å². The lowest BCUT2D eigenvalue weighted by Gasteiger charge is -2.13. The van der Waals surface area contributed by atoms with Crippen molar-refractivity contribution in [3.8, 4) is 0 Å². The average Bonchev–Trinajstić information content (AvgIpc) is 2.70. The van der Waals surface area contributed by atoms with Crippen molar-refractivity contribution in [2.45, 2.75) is 16.6 Å². The minimum Gasteiger partial charge on any atom is -0.478 e. The van der Waals surface area contributed by atoms with Crippen molar-refractivity contribution in [2.75, 3.05) is 13.6 Å². The molecule has 0 bridgehead atoms. The van der Waals surface area contributed by atoms with E-state index in [2.05, 4.69) is 0 Å². The molecule has 0 saturated carbocycles. The average molecular weight is 318 g/mol. The molecule has 1 amide bonds. The Morgan fingerprint density at radius 2 is 2.10 bits per heavy atom. The van der Waals surface area contributed by atoms with E-state index in [1.165, 1.54) is 24.1 Å². The van der Waals surface area contributed by atoms with Crippen LogP contribution in [0.4, 0.5) is 0 Å². The molecule has 108 valence electrons. The monoisotopic (exact) mass is 317 g/mol. The number of rotatable bonds is 3. The van der Waals surface area contributed by atoms with Gasteiger partial charge in [0.25, 0.3) is 0 Å². The van der Waals surface area contributed by atoms with Gasteiger partial charge in [0, 0.05) is 13.6 Å². The lowest BCUT2D eigenvalue weighted by Crippen LogP contribution is -2.32. The number of aromatic carboxylic acids is 1. The normalized spacial score (nSPS) is 19.4. The minimum absolute atomic E-state index is 0.0858. The Bertz CT molecular complexity index is 685. The second kappa shape index (κ2) is 5.06. The van der Waals surface area contributed by atoms with Crippen LogP contribution >= 0.6 is 11.6 Å². The van der Waals surface area contributed by atoms with Gasteiger partial charge >= 0.3 is 5.97 Å². The topological polar surface area (TPSA) is 91.8 Å². The van der Waals surface area contributed by atoms with Gasteiger partial charge in [0.15, 0.2) is 9.84 Å². The number of nitrogens with zero attached hydrogens (tertiary/aromatic N) is 1. The highest BCUT2D eigenvalue weighted by atomic mass is 35.5. The molecule has 6 nitrogen and oxygen atoms in total. The van der Waals surface area contributed by atoms with E-state index in [9.17, 15) is 18.0 Å². The number of benzene rings is 1. The molecule has 1 saturated heterocycles. The standard InChI is InChI=1S/C12H12ClNO5S/c1-14-5-4-9(11(14)15)20(18,19)10-6-7(12(16)17)2-3-8(10)13/h2-3,6,9H,4-5H2,1H3,(H,16,17). The van der Waals surface area contributed by atoms with Gasteiger partial charge in [0.1, 0.15) is 5.25 Å². The van der Waals surface area contributed by atoms with Crippen molar-refractivity contribution in [1.29, 1.82) is 0 Å². The van der Waals surface area contributed by atoms with Crippen LogP contribution < -0.4 is 0 Å². The first-order valence-corrected chi connectivity index (χ1v) is 7.69. The van der Waals surface area contributed by atoms with Crippen LogP contribution in [-0.4, -0.2) is 49.1 Å². The summed E-state index contributed by atoms with van der Waals surface area (Å²) in [4.78, 5) is 23.8. The van der Waals surface area contributed by atoms with Gasteiger partial charge in [-0.2, -0.15) is 0 Å². The quantitative estimate of drug-likeness (QED) is 0.899. The van der Waals surface area contributed by atoms with Gasteiger partial charge in [-0.3, -0.25) is 4.79 Å². The number of carboxylic acid groups (broad SMARTS) is 1. The number of carbonyl (C=O) groups is 2. The zero-order valence-corrected chi connectivity index (χ0v) is 12.1. The fraction of sp³-hybridized carbons (Fsp3) is 0.333. The summed E-state index contributed by atoms with van der Waals surface area (Å²) >= 11 is 5.85. The third kappa shape index (κ3) is 2.38. The van der Waals surface area contributed by atoms with Crippen LogP contribution in [0, 0.1) is 0 Å². The summed E-state index contributed by atoms with van der Waals surface area (Å²) in [6.07, 6.45) is 0.172. The number of likely N-dealkylation sites (tertiary alicyclic amines) is 1. The maximum absolute atomic E-state index is 12.5. The number of carboxylic acids is 1. The first-order chi connectivity index (χ1) is 9.25. The molecular formula is C12H12ClNO5S. The van der Waals surface area contributed by atoms with Crippen LogP contribution in [0.1, 0.15) is 16.8 Å². The third-order valence-corrected chi connectivity index (χ3v) is 5.82. The van der Waals surface area contributed by atoms with Crippen LogP contribution in [0.2, 0.25) is 5.02 Å². The van der Waals surface area contributed by atoms with Gasteiger partial charge in [-0.1, -0.05) is 11.6 Å². The van der Waals surface area contributed by atoms with E-state index in [4.69, 9.17) is 16.7 Å². The molecular weight excluding hydrogens is 306 g/mol. The Labute approximate surface area is 120 Å². The molecule has 1 N–H and O–H groups in total. The van der Waals surface area contributed by atoms with Gasteiger partial charge in [-0.05, 0) is 24.6 Å². The maximum atomic E-state index is 12.5. The van der Waals surface area contributed by atoms with E-state index in [0.717, 1.165) is 6.07 Å². The highest BCUT2D eigenvalue weighted by Crippen LogP contribution is 2.30. The van der Waals surface area contributed by atoms with Gasteiger partial charge < -0.3 is 10.0 Å². The van der Waals surface area contributed by atoms with Crippen LogP contribution in [0.3, 0.4) is 0 Å². The molecule has 1 aliphatic rings. The summed E-state index contributed by atoms with van der Waals surface area (Å²) < 4.78 is 24.9. The lowest BCUT2D eigenvalue weighted by atomic mass is 10.2. The molecule has 1 aromatic rings. The molecule has 1 aliphatic heterocycles. The van der Waals surface area contributed by atoms with Crippen molar-refractivity contribution < 1.29 is 23.1 Å². The van der Waals surface area contributed by atoms with E-state index >= 15 is 0 Å². The van der Waals surface area contributed by atoms with Gasteiger partial charge in [0.2, 0.25) is 5.91 Å². The summed E-state index contributed by atoms with van der Waals surface area (Å²) in [5.41, 5.74) is -0.188. The molecule has 1 heterocycles. The zero-order valence-electron chi connectivity index (χ0n) is 10.5. The number of amides is 1. The van der Waals surface area contributed by atoms with E-state index in [1.54, 1.807) is 0 Å². The number of halogens is 1. The first kappa shape index (κ1) is 14.8. The second-order valence-corrected chi connectivity index (χ2v) is 7.04. The van der Waals surface area contributed by atoms with Gasteiger partial charge in [0.05, 0.1) is 15.5 Å². The number of hydrogen-bond acceptors (Lipinski definition) is 4. The van der Waals surface area contributed by atoms with E-state index < -0.39 is 27.0 Å². The molecule has 1 aromatic carbocycles. The fourth-order valence-electron chi connectivity index (χ4n) is 2.09. The molecule has 8 heteroatoms. The van der Waals surface area contributed by atoms with Gasteiger partial charge in [-0.25, -0.2) is 13.2 Å². The molecule has 0 radical (unpaired) electrons. The highest BCUT2D eigenvalue weighted by Gasteiger charge is 2.41. The predicted octanol–water partition coefficient (Wildman–Crippen LogP) is 1.04. The molecule has 1 unspecified atom stereocenters. The molecule has 2 rings (SSSR count). The van der Waals surface area contributed by atoms with Crippen LogP contribution in [0.5, 0.6) is 0 Å². The Hall–Kier alpha value is -1.60. The lowest BCUT2D eigenvalue weighted by molar-refractivity contribution is -0.126. The molecule has 1 fully saturated rings. The first-order valence-electron chi connectivity index (χ1n) is 5.77. The smallest absolute Gasteiger partial charge is 0.335 e. The maximum Gasteiger partial charge on any atom is 0.335 e. The van der Waals surface area contributed by atoms with Crippen molar-refractivity contribution in [1.82, 2.24) is 4.90 Å². The predicted molar refractivity (Wildman–Crippen MR) is 71.6 cm³/mol. The van der Waals surface area contributed by atoms with Crippen LogP contribution in [0.15, 0.2) is 23.1 Å². The molecule has 0 aliphatic carbocycles. The molecule has 0 spiro atoms. The summed E-state index contributed by atoms with van der Waals surface area (Å²) in [6.45, 7) is 0.346. The molecule has 0 aromatic heterocycles. The summed E-state index contributed by atoms with van der Waals surface area (Å²) in [7, 11) is -2.47. The van der Waals surface area contributed by atoms with Crippen molar-refractivity contribution in [3.63, 3.8) is 0 Å². The van der Waals surface area contributed by atoms with Crippen molar-refractivity contribution in [3.05, 3.63) is 28.8 Å². The fourth-order valence-corrected chi connectivity index (χ4v) is 4.32. The van der Waals surface area contributed by atoms with E-state index in [0.29, 0.717) is 6.54 Å². The van der Waals surface area contributed by atoms with Crippen molar-refractivity contribution >= 4 is 33.3 Å². The third-order valence-electron chi connectivity index (χ3n) is 3.24. The minimum atomic E-state index is -3.99. The van der Waals surface area contributed by atoms with Gasteiger partial charge in [-0.15, -0.1) is 0 Å².